The van der Waals surface area contributed by atoms with Gasteiger partial charge in [-0.1, -0.05) is 0 Å². The summed E-state index contributed by atoms with van der Waals surface area (Å²) < 4.78 is 8.87. The van der Waals surface area contributed by atoms with E-state index in [1.54, 1.807) is 53.2 Å². The zero-order valence-corrected chi connectivity index (χ0v) is 15.8. The topological polar surface area (TPSA) is 115 Å². The summed E-state index contributed by atoms with van der Waals surface area (Å²) in [4.78, 5) is 27.2. The van der Waals surface area contributed by atoms with Crippen molar-refractivity contribution in [3.63, 3.8) is 0 Å². The minimum Gasteiger partial charge on any atom is -0.545 e. The molecule has 140 valence electrons. The van der Waals surface area contributed by atoms with Gasteiger partial charge in [0.1, 0.15) is 23.7 Å². The van der Waals surface area contributed by atoms with Gasteiger partial charge in [-0.2, -0.15) is 10.2 Å². The summed E-state index contributed by atoms with van der Waals surface area (Å²) in [5.41, 5.74) is 1.30. The summed E-state index contributed by atoms with van der Waals surface area (Å²) in [7, 11) is 1.79. The second kappa shape index (κ2) is 8.30. The van der Waals surface area contributed by atoms with E-state index in [-0.39, 0.29) is 42.2 Å². The number of fused-ring (bicyclic) bond motifs is 1. The number of ether oxygens (including phenoxy) is 1. The van der Waals surface area contributed by atoms with E-state index in [9.17, 15) is 14.7 Å². The third-order valence-corrected chi connectivity index (χ3v) is 4.10. The molecule has 3 aromatic heterocycles. The second-order valence-corrected chi connectivity index (χ2v) is 6.10. The van der Waals surface area contributed by atoms with Gasteiger partial charge in [0.05, 0.1) is 23.9 Å². The molecule has 0 amide bonds. The van der Waals surface area contributed by atoms with Crippen molar-refractivity contribution in [2.45, 2.75) is 6.61 Å². The smallest absolute Gasteiger partial charge is 0.545 e. The third kappa shape index (κ3) is 4.37. The maximum absolute atomic E-state index is 12.1. The Hall–Kier alpha value is -3.41. The normalized spacial score (nSPS) is 10.5. The summed E-state index contributed by atoms with van der Waals surface area (Å²) in [6, 6.07) is 7.92. The number of hydrogen-bond acceptors (Lipinski definition) is 7. The first-order chi connectivity index (χ1) is 13.5. The van der Waals surface area contributed by atoms with Gasteiger partial charge >= 0.3 is 18.9 Å². The number of aromatic nitrogens is 5. The molecule has 10 heteroatoms. The first-order valence-electron chi connectivity index (χ1n) is 8.31. The first-order valence-corrected chi connectivity index (χ1v) is 8.31. The van der Waals surface area contributed by atoms with Crippen molar-refractivity contribution in [3.8, 4) is 11.4 Å². The van der Waals surface area contributed by atoms with E-state index in [0.717, 1.165) is 5.69 Å². The number of carboxylic acids is 1. The van der Waals surface area contributed by atoms with Crippen molar-refractivity contribution in [3.05, 3.63) is 76.6 Å². The fraction of sp³-hybridized carbons (Fsp3) is 0.105. The zero-order chi connectivity index (χ0) is 19.7. The molecule has 0 saturated heterocycles. The molecule has 0 saturated carbocycles. The number of nitrogens with zero attached hydrogens (tertiary/aromatic N) is 5. The molecule has 9 nitrogen and oxygen atoms in total. The van der Waals surface area contributed by atoms with Crippen LogP contribution in [0.2, 0.25) is 0 Å². The summed E-state index contributed by atoms with van der Waals surface area (Å²) in [5.74, 6) is -0.840. The van der Waals surface area contributed by atoms with Crippen LogP contribution in [0.3, 0.4) is 0 Å². The molecular formula is C19H14LiN5O4. The van der Waals surface area contributed by atoms with Crippen molar-refractivity contribution in [1.29, 1.82) is 0 Å². The van der Waals surface area contributed by atoms with Crippen molar-refractivity contribution in [1.82, 2.24) is 24.5 Å². The van der Waals surface area contributed by atoms with Crippen LogP contribution in [0, 0.1) is 0 Å². The Morgan fingerprint density at radius 1 is 1.21 bits per heavy atom. The Labute approximate surface area is 176 Å². The van der Waals surface area contributed by atoms with Gasteiger partial charge in [-0.3, -0.25) is 14.5 Å². The van der Waals surface area contributed by atoms with Crippen molar-refractivity contribution in [2.24, 2.45) is 7.05 Å². The van der Waals surface area contributed by atoms with Crippen LogP contribution < -0.4 is 34.1 Å². The minimum atomic E-state index is -1.30. The van der Waals surface area contributed by atoms with Gasteiger partial charge in [-0.25, -0.2) is 4.68 Å². The number of hydrogen-bond donors (Lipinski definition) is 0. The molecule has 0 N–H and O–H groups in total. The predicted octanol–water partition coefficient (Wildman–Crippen LogP) is -2.54. The quantitative estimate of drug-likeness (QED) is 0.349. The van der Waals surface area contributed by atoms with E-state index in [1.165, 1.54) is 18.3 Å². The van der Waals surface area contributed by atoms with Gasteiger partial charge in [-0.05, 0) is 24.3 Å². The second-order valence-electron chi connectivity index (χ2n) is 6.10. The van der Waals surface area contributed by atoms with Crippen molar-refractivity contribution >= 4 is 16.9 Å². The number of aromatic carboxylic acids is 1. The first kappa shape index (κ1) is 20.3. The summed E-state index contributed by atoms with van der Waals surface area (Å²) in [5, 5.41) is 20.0. The van der Waals surface area contributed by atoms with E-state index < -0.39 is 5.97 Å². The van der Waals surface area contributed by atoms with E-state index >= 15 is 0 Å². The van der Waals surface area contributed by atoms with Crippen molar-refractivity contribution in [2.75, 3.05) is 0 Å². The van der Waals surface area contributed by atoms with Crippen LogP contribution in [0.4, 0.5) is 0 Å². The Morgan fingerprint density at radius 3 is 2.76 bits per heavy atom. The summed E-state index contributed by atoms with van der Waals surface area (Å²) in [6.45, 7) is -0.0426. The Morgan fingerprint density at radius 2 is 2.03 bits per heavy atom. The molecule has 4 rings (SSSR count). The zero-order valence-electron chi connectivity index (χ0n) is 15.8. The molecule has 0 spiro atoms. The molecule has 0 radical (unpaired) electrons. The fourth-order valence-electron chi connectivity index (χ4n) is 2.68. The SMILES string of the molecule is Cn1cc(-n2ccc(=O)c(COc3ccc4ncc(C(=O)[O-])cc4c3)n2)cn1.[Li+]. The molecule has 29 heavy (non-hydrogen) atoms. The molecule has 0 bridgehead atoms. The molecule has 0 aliphatic carbocycles. The summed E-state index contributed by atoms with van der Waals surface area (Å²) >= 11 is 0. The molecular weight excluding hydrogens is 369 g/mol. The number of carboxylic acid groups (broad SMARTS) is 1. The van der Waals surface area contributed by atoms with E-state index in [0.29, 0.717) is 16.7 Å². The van der Waals surface area contributed by atoms with Crippen LogP contribution in [-0.4, -0.2) is 30.5 Å². The van der Waals surface area contributed by atoms with Crippen molar-refractivity contribution < 1.29 is 33.5 Å². The molecule has 4 aromatic rings. The fourth-order valence-corrected chi connectivity index (χ4v) is 2.68. The summed E-state index contributed by atoms with van der Waals surface area (Å²) in [6.07, 6.45) is 6.21. The van der Waals surface area contributed by atoms with E-state index in [2.05, 4.69) is 15.2 Å². The van der Waals surface area contributed by atoms with Gasteiger partial charge < -0.3 is 14.6 Å². The Bertz CT molecular complexity index is 1250. The van der Waals surface area contributed by atoms with Crippen LogP contribution in [0.5, 0.6) is 5.75 Å². The Balaban J connectivity index is 0.00000240. The average molecular weight is 383 g/mol. The van der Waals surface area contributed by atoms with Gasteiger partial charge in [0, 0.05) is 36.5 Å². The van der Waals surface area contributed by atoms with Gasteiger partial charge in [-0.15, -0.1) is 0 Å². The standard InChI is InChI=1S/C19H15N5O4.Li/c1-23-10-14(9-21-23)24-5-4-18(25)17(22-24)11-28-15-2-3-16-12(7-15)6-13(8-20-16)19(26)27;/h2-10H,11H2,1H3,(H,26,27);/q;+1/p-1. The number of pyridine rings is 1. The number of aryl methyl sites for hydroxylation is 1. The molecule has 0 aliphatic heterocycles. The van der Waals surface area contributed by atoms with Crippen LogP contribution >= 0.6 is 0 Å². The minimum absolute atomic E-state index is 0. The number of carbonyl (C=O) groups excluding carboxylic acids is 1. The maximum atomic E-state index is 12.1. The third-order valence-electron chi connectivity index (χ3n) is 4.10. The van der Waals surface area contributed by atoms with Gasteiger partial charge in [0.15, 0.2) is 0 Å². The predicted molar refractivity (Wildman–Crippen MR) is 97.0 cm³/mol. The van der Waals surface area contributed by atoms with Gasteiger partial charge in [0.2, 0.25) is 5.43 Å². The van der Waals surface area contributed by atoms with Crippen LogP contribution in [0.25, 0.3) is 16.6 Å². The molecule has 0 atom stereocenters. The van der Waals surface area contributed by atoms with Crippen LogP contribution in [0.1, 0.15) is 16.1 Å². The monoisotopic (exact) mass is 383 g/mol. The number of carbonyl (C=O) groups is 1. The van der Waals surface area contributed by atoms with Crippen LogP contribution in [0.15, 0.2) is 59.9 Å². The molecule has 0 aliphatic rings. The molecule has 0 unspecified atom stereocenters. The van der Waals surface area contributed by atoms with E-state index in [4.69, 9.17) is 4.74 Å². The number of benzene rings is 1. The molecule has 1 aromatic carbocycles. The average Bonchev–Trinajstić information content (AvgIpc) is 3.13. The maximum Gasteiger partial charge on any atom is 1.00 e. The van der Waals surface area contributed by atoms with Gasteiger partial charge in [0.25, 0.3) is 0 Å². The molecule has 3 heterocycles. The number of rotatable bonds is 5. The van der Waals surface area contributed by atoms with Crippen LogP contribution in [-0.2, 0) is 13.7 Å². The van der Waals surface area contributed by atoms with E-state index in [1.807, 2.05) is 0 Å². The largest absolute Gasteiger partial charge is 1.00 e. The molecule has 0 fully saturated rings. The Kier molecular flexibility index (Phi) is 5.82.